The smallest absolute Gasteiger partial charge is 0.287 e. The van der Waals surface area contributed by atoms with Crippen molar-refractivity contribution in [2.24, 2.45) is 12.8 Å². The largest absolute Gasteiger partial charge is 0.382 e. The molecule has 0 radical (unpaired) electrons. The number of aromatic nitrogens is 2. The van der Waals surface area contributed by atoms with Crippen molar-refractivity contribution < 1.29 is 0 Å². The number of nitrogens with zero attached hydrogens (tertiary/aromatic N) is 2. The van der Waals surface area contributed by atoms with E-state index in [4.69, 9.17) is 17.3 Å². The Labute approximate surface area is 122 Å². The van der Waals surface area contributed by atoms with Crippen molar-refractivity contribution in [1.82, 2.24) is 9.78 Å². The Hall–Kier alpha value is -1.85. The Morgan fingerprint density at radius 2 is 2.10 bits per heavy atom. The first-order chi connectivity index (χ1) is 9.59. The van der Waals surface area contributed by atoms with Gasteiger partial charge in [0.2, 0.25) is 0 Å². The average Bonchev–Trinajstić information content (AvgIpc) is 2.48. The first kappa shape index (κ1) is 14.6. The molecule has 0 aliphatic carbocycles. The van der Waals surface area contributed by atoms with Gasteiger partial charge in [0.05, 0.1) is 11.9 Å². The minimum Gasteiger partial charge on any atom is -0.382 e. The summed E-state index contributed by atoms with van der Waals surface area (Å²) in [4.78, 5) is 11.6. The van der Waals surface area contributed by atoms with Crippen molar-refractivity contribution in [3.8, 4) is 0 Å². The van der Waals surface area contributed by atoms with E-state index in [1.54, 1.807) is 7.05 Å². The molecule has 1 unspecified atom stereocenters. The Bertz CT molecular complexity index is 627. The van der Waals surface area contributed by atoms with E-state index in [1.165, 1.54) is 10.9 Å². The maximum atomic E-state index is 11.6. The molecule has 6 heteroatoms. The van der Waals surface area contributed by atoms with E-state index in [-0.39, 0.29) is 16.6 Å². The zero-order valence-corrected chi connectivity index (χ0v) is 12.0. The molecule has 0 saturated carbocycles. The SMILES string of the molecule is Cn1ncc(NCCC(N)c2ccccc2)c(Cl)c1=O. The third-order valence-corrected chi connectivity index (χ3v) is 3.44. The highest BCUT2D eigenvalue weighted by Gasteiger charge is 2.08. The molecular formula is C14H17ClN4O. The number of nitrogens with one attached hydrogen (secondary N) is 1. The number of anilines is 1. The number of halogens is 1. The summed E-state index contributed by atoms with van der Waals surface area (Å²) in [5.41, 5.74) is 7.40. The lowest BCUT2D eigenvalue weighted by Crippen LogP contribution is -2.22. The van der Waals surface area contributed by atoms with Gasteiger partial charge in [-0.2, -0.15) is 5.10 Å². The summed E-state index contributed by atoms with van der Waals surface area (Å²) in [5.74, 6) is 0. The van der Waals surface area contributed by atoms with Crippen LogP contribution in [0.2, 0.25) is 5.02 Å². The summed E-state index contributed by atoms with van der Waals surface area (Å²) in [6.07, 6.45) is 2.27. The molecule has 106 valence electrons. The second-order valence-electron chi connectivity index (χ2n) is 4.53. The molecule has 0 fully saturated rings. The van der Waals surface area contributed by atoms with Crippen LogP contribution in [0.5, 0.6) is 0 Å². The van der Waals surface area contributed by atoms with Gasteiger partial charge >= 0.3 is 0 Å². The second-order valence-corrected chi connectivity index (χ2v) is 4.91. The van der Waals surface area contributed by atoms with E-state index in [2.05, 4.69) is 10.4 Å². The van der Waals surface area contributed by atoms with Crippen molar-refractivity contribution in [1.29, 1.82) is 0 Å². The van der Waals surface area contributed by atoms with Crippen molar-refractivity contribution >= 4 is 17.3 Å². The Morgan fingerprint density at radius 3 is 2.80 bits per heavy atom. The first-order valence-electron chi connectivity index (χ1n) is 6.36. The number of nitrogens with two attached hydrogens (primary N) is 1. The zero-order chi connectivity index (χ0) is 14.5. The third kappa shape index (κ3) is 3.37. The van der Waals surface area contributed by atoms with Crippen molar-refractivity contribution in [3.05, 3.63) is 57.5 Å². The van der Waals surface area contributed by atoms with Crippen LogP contribution in [-0.4, -0.2) is 16.3 Å². The van der Waals surface area contributed by atoms with Gasteiger partial charge in [0, 0.05) is 19.6 Å². The Balaban J connectivity index is 1.94. The summed E-state index contributed by atoms with van der Waals surface area (Å²) in [7, 11) is 1.56. The monoisotopic (exact) mass is 292 g/mol. The van der Waals surface area contributed by atoms with Crippen LogP contribution in [0.15, 0.2) is 41.3 Å². The van der Waals surface area contributed by atoms with Crippen LogP contribution in [0.4, 0.5) is 5.69 Å². The molecule has 0 amide bonds. The van der Waals surface area contributed by atoms with E-state index < -0.39 is 0 Å². The van der Waals surface area contributed by atoms with Crippen LogP contribution in [0.25, 0.3) is 0 Å². The number of hydrogen-bond acceptors (Lipinski definition) is 4. The molecule has 20 heavy (non-hydrogen) atoms. The maximum Gasteiger partial charge on any atom is 0.287 e. The zero-order valence-electron chi connectivity index (χ0n) is 11.2. The second kappa shape index (κ2) is 6.54. The highest BCUT2D eigenvalue weighted by molar-refractivity contribution is 6.32. The fraction of sp³-hybridized carbons (Fsp3) is 0.286. The molecule has 3 N–H and O–H groups in total. The molecule has 1 aromatic carbocycles. The highest BCUT2D eigenvalue weighted by atomic mass is 35.5. The molecule has 0 saturated heterocycles. The Morgan fingerprint density at radius 1 is 1.40 bits per heavy atom. The predicted octanol–water partition coefficient (Wildman–Crippen LogP) is 1.94. The quantitative estimate of drug-likeness (QED) is 0.883. The fourth-order valence-electron chi connectivity index (χ4n) is 1.86. The molecule has 5 nitrogen and oxygen atoms in total. The van der Waals surface area contributed by atoms with Crippen molar-refractivity contribution in [3.63, 3.8) is 0 Å². The predicted molar refractivity (Wildman–Crippen MR) is 81.0 cm³/mol. The molecule has 0 aliphatic rings. The third-order valence-electron chi connectivity index (χ3n) is 3.08. The lowest BCUT2D eigenvalue weighted by atomic mass is 10.1. The molecule has 1 aromatic heterocycles. The molecule has 1 heterocycles. The van der Waals surface area contributed by atoms with Crippen LogP contribution >= 0.6 is 11.6 Å². The standard InChI is InChI=1S/C14H17ClN4O/c1-19-14(20)13(15)12(9-18-19)17-8-7-11(16)10-5-3-2-4-6-10/h2-6,9,11,17H,7-8,16H2,1H3. The first-order valence-corrected chi connectivity index (χ1v) is 6.73. The molecule has 1 atom stereocenters. The van der Waals surface area contributed by atoms with Crippen LogP contribution in [0, 0.1) is 0 Å². The van der Waals surface area contributed by atoms with E-state index >= 15 is 0 Å². The van der Waals surface area contributed by atoms with Gasteiger partial charge < -0.3 is 11.1 Å². The molecule has 2 rings (SSSR count). The maximum absolute atomic E-state index is 11.6. The highest BCUT2D eigenvalue weighted by Crippen LogP contribution is 2.17. The van der Waals surface area contributed by atoms with Crippen molar-refractivity contribution in [2.45, 2.75) is 12.5 Å². The molecule has 0 aliphatic heterocycles. The normalized spacial score (nSPS) is 12.2. The van der Waals surface area contributed by atoms with Crippen LogP contribution < -0.4 is 16.6 Å². The number of hydrogen-bond donors (Lipinski definition) is 2. The van der Waals surface area contributed by atoms with Crippen LogP contribution in [-0.2, 0) is 7.05 Å². The van der Waals surface area contributed by atoms with E-state index in [9.17, 15) is 4.79 Å². The summed E-state index contributed by atoms with van der Waals surface area (Å²) in [6.45, 7) is 0.616. The summed E-state index contributed by atoms with van der Waals surface area (Å²) < 4.78 is 1.20. The molecule has 2 aromatic rings. The number of aryl methyl sites for hydroxylation is 1. The van der Waals surface area contributed by atoms with Gasteiger partial charge in [-0.3, -0.25) is 4.79 Å². The average molecular weight is 293 g/mol. The molecular weight excluding hydrogens is 276 g/mol. The van der Waals surface area contributed by atoms with Crippen molar-refractivity contribution in [2.75, 3.05) is 11.9 Å². The van der Waals surface area contributed by atoms with E-state index in [0.717, 1.165) is 12.0 Å². The summed E-state index contributed by atoms with van der Waals surface area (Å²) >= 11 is 5.96. The Kier molecular flexibility index (Phi) is 4.76. The minimum atomic E-state index is -0.316. The minimum absolute atomic E-state index is 0.0537. The number of rotatable bonds is 5. The van der Waals surface area contributed by atoms with Gasteiger partial charge in [-0.1, -0.05) is 41.9 Å². The topological polar surface area (TPSA) is 72.9 Å². The lowest BCUT2D eigenvalue weighted by molar-refractivity contribution is 0.672. The number of benzene rings is 1. The van der Waals surface area contributed by atoms with Gasteiger partial charge in [0.15, 0.2) is 0 Å². The van der Waals surface area contributed by atoms with Gasteiger partial charge in [-0.05, 0) is 12.0 Å². The van der Waals surface area contributed by atoms with Gasteiger partial charge in [0.25, 0.3) is 5.56 Å². The molecule has 0 spiro atoms. The van der Waals surface area contributed by atoms with Gasteiger partial charge in [-0.25, -0.2) is 4.68 Å². The van der Waals surface area contributed by atoms with Gasteiger partial charge in [0.1, 0.15) is 5.02 Å². The van der Waals surface area contributed by atoms with Crippen LogP contribution in [0.1, 0.15) is 18.0 Å². The molecule has 0 bridgehead atoms. The lowest BCUT2D eigenvalue weighted by Gasteiger charge is -2.13. The summed E-state index contributed by atoms with van der Waals surface area (Å²) in [6, 6.07) is 9.82. The van der Waals surface area contributed by atoms with Gasteiger partial charge in [-0.15, -0.1) is 0 Å². The van der Waals surface area contributed by atoms with Crippen LogP contribution in [0.3, 0.4) is 0 Å². The van der Waals surface area contributed by atoms with E-state index in [0.29, 0.717) is 12.2 Å². The fourth-order valence-corrected chi connectivity index (χ4v) is 2.10. The van der Waals surface area contributed by atoms with E-state index in [1.807, 2.05) is 30.3 Å². The summed E-state index contributed by atoms with van der Waals surface area (Å²) in [5, 5.41) is 7.16.